The molecule has 0 bridgehead atoms. The Kier molecular flexibility index (Phi) is 2.99. The molecule has 76 valence electrons. The van der Waals surface area contributed by atoms with Crippen molar-refractivity contribution in [3.63, 3.8) is 0 Å². The molecule has 3 heteroatoms. The third kappa shape index (κ3) is 2.23. The van der Waals surface area contributed by atoms with Crippen LogP contribution in [0.1, 0.15) is 13.3 Å². The van der Waals surface area contributed by atoms with Crippen LogP contribution < -0.4 is 10.6 Å². The van der Waals surface area contributed by atoms with Crippen LogP contribution >= 0.6 is 0 Å². The second-order valence-corrected chi connectivity index (χ2v) is 3.93. The van der Waals surface area contributed by atoms with Gasteiger partial charge in [-0.3, -0.25) is 4.98 Å². The SMILES string of the molecule is CC(Nc1cccnc1)C1CCNC1. The van der Waals surface area contributed by atoms with E-state index in [4.69, 9.17) is 0 Å². The Morgan fingerprint density at radius 1 is 1.64 bits per heavy atom. The first-order chi connectivity index (χ1) is 6.86. The second kappa shape index (κ2) is 4.42. The molecule has 1 aliphatic heterocycles. The van der Waals surface area contributed by atoms with Crippen LogP contribution in [-0.4, -0.2) is 24.1 Å². The van der Waals surface area contributed by atoms with Crippen LogP contribution in [0.5, 0.6) is 0 Å². The van der Waals surface area contributed by atoms with Crippen LogP contribution in [0.3, 0.4) is 0 Å². The molecule has 0 saturated carbocycles. The minimum Gasteiger partial charge on any atom is -0.381 e. The van der Waals surface area contributed by atoms with Gasteiger partial charge >= 0.3 is 0 Å². The van der Waals surface area contributed by atoms with Crippen LogP contribution in [0.15, 0.2) is 24.5 Å². The highest BCUT2D eigenvalue weighted by molar-refractivity contribution is 5.40. The summed E-state index contributed by atoms with van der Waals surface area (Å²) < 4.78 is 0. The molecule has 1 aliphatic rings. The van der Waals surface area contributed by atoms with Gasteiger partial charge < -0.3 is 10.6 Å². The summed E-state index contributed by atoms with van der Waals surface area (Å²) in [6, 6.07) is 4.54. The lowest BCUT2D eigenvalue weighted by Gasteiger charge is -2.20. The van der Waals surface area contributed by atoms with Crippen molar-refractivity contribution in [1.29, 1.82) is 0 Å². The summed E-state index contributed by atoms with van der Waals surface area (Å²) in [7, 11) is 0. The molecule has 3 nitrogen and oxygen atoms in total. The number of nitrogens with zero attached hydrogens (tertiary/aromatic N) is 1. The zero-order valence-electron chi connectivity index (χ0n) is 8.53. The molecular weight excluding hydrogens is 174 g/mol. The smallest absolute Gasteiger partial charge is 0.0528 e. The van der Waals surface area contributed by atoms with Crippen molar-refractivity contribution in [3.8, 4) is 0 Å². The zero-order chi connectivity index (χ0) is 9.80. The molecule has 2 atom stereocenters. The fraction of sp³-hybridized carbons (Fsp3) is 0.545. The van der Waals surface area contributed by atoms with Crippen LogP contribution in [0.2, 0.25) is 0 Å². The predicted octanol–water partition coefficient (Wildman–Crippen LogP) is 1.49. The number of hydrogen-bond donors (Lipinski definition) is 2. The van der Waals surface area contributed by atoms with Crippen molar-refractivity contribution in [1.82, 2.24) is 10.3 Å². The van der Waals surface area contributed by atoms with Gasteiger partial charge in [-0.1, -0.05) is 0 Å². The highest BCUT2D eigenvalue weighted by Gasteiger charge is 2.20. The molecule has 0 radical (unpaired) electrons. The summed E-state index contributed by atoms with van der Waals surface area (Å²) in [4.78, 5) is 4.09. The van der Waals surface area contributed by atoms with Crippen molar-refractivity contribution >= 4 is 5.69 Å². The van der Waals surface area contributed by atoms with Crippen LogP contribution in [0, 0.1) is 5.92 Å². The standard InChI is InChI=1S/C11H17N3/c1-9(10-4-6-13-7-10)14-11-3-2-5-12-8-11/h2-3,5,8-10,13-14H,4,6-7H2,1H3. The Morgan fingerprint density at radius 3 is 3.21 bits per heavy atom. The summed E-state index contributed by atoms with van der Waals surface area (Å²) in [6.45, 7) is 4.53. The quantitative estimate of drug-likeness (QED) is 0.760. The lowest BCUT2D eigenvalue weighted by molar-refractivity contribution is 0.510. The van der Waals surface area contributed by atoms with E-state index >= 15 is 0 Å². The highest BCUT2D eigenvalue weighted by atomic mass is 15.0. The molecule has 0 spiro atoms. The van der Waals surface area contributed by atoms with Gasteiger partial charge in [0, 0.05) is 18.4 Å². The van der Waals surface area contributed by atoms with Crippen molar-refractivity contribution in [2.24, 2.45) is 5.92 Å². The third-order valence-electron chi connectivity index (χ3n) is 2.86. The van der Waals surface area contributed by atoms with Gasteiger partial charge in [0.25, 0.3) is 0 Å². The number of nitrogens with one attached hydrogen (secondary N) is 2. The van der Waals surface area contributed by atoms with E-state index in [2.05, 4.69) is 28.6 Å². The number of hydrogen-bond acceptors (Lipinski definition) is 3. The van der Waals surface area contributed by atoms with Crippen molar-refractivity contribution < 1.29 is 0 Å². The first-order valence-corrected chi connectivity index (χ1v) is 5.23. The lowest BCUT2D eigenvalue weighted by Crippen LogP contribution is -2.27. The zero-order valence-corrected chi connectivity index (χ0v) is 8.53. The normalized spacial score (nSPS) is 23.4. The minimum atomic E-state index is 0.522. The Labute approximate surface area is 84.9 Å². The maximum atomic E-state index is 4.09. The van der Waals surface area contributed by atoms with Gasteiger partial charge in [-0.15, -0.1) is 0 Å². The van der Waals surface area contributed by atoms with Gasteiger partial charge in [0.05, 0.1) is 5.69 Å². The summed E-state index contributed by atoms with van der Waals surface area (Å²) in [6.07, 6.45) is 4.94. The minimum absolute atomic E-state index is 0.522. The number of rotatable bonds is 3. The first-order valence-electron chi connectivity index (χ1n) is 5.23. The molecular formula is C11H17N3. The molecule has 2 heterocycles. The summed E-state index contributed by atoms with van der Waals surface area (Å²) >= 11 is 0. The molecule has 1 saturated heterocycles. The Balaban J connectivity index is 1.90. The summed E-state index contributed by atoms with van der Waals surface area (Å²) in [5.41, 5.74) is 1.12. The number of aromatic nitrogens is 1. The van der Waals surface area contributed by atoms with Gasteiger partial charge in [0.1, 0.15) is 0 Å². The van der Waals surface area contributed by atoms with E-state index in [-0.39, 0.29) is 0 Å². The van der Waals surface area contributed by atoms with E-state index in [1.807, 2.05) is 12.3 Å². The molecule has 0 aromatic carbocycles. The molecule has 0 aliphatic carbocycles. The molecule has 2 unspecified atom stereocenters. The van der Waals surface area contributed by atoms with E-state index in [0.717, 1.165) is 24.7 Å². The maximum absolute atomic E-state index is 4.09. The fourth-order valence-electron chi connectivity index (χ4n) is 1.93. The lowest BCUT2D eigenvalue weighted by atomic mass is 10.0. The Hall–Kier alpha value is -1.09. The topological polar surface area (TPSA) is 37.0 Å². The van der Waals surface area contributed by atoms with E-state index in [9.17, 15) is 0 Å². The predicted molar refractivity (Wildman–Crippen MR) is 58.3 cm³/mol. The first kappa shape index (κ1) is 9.46. The maximum Gasteiger partial charge on any atom is 0.0528 e. The molecule has 1 aromatic rings. The average Bonchev–Trinajstić information content (AvgIpc) is 2.72. The van der Waals surface area contributed by atoms with E-state index in [1.165, 1.54) is 6.42 Å². The van der Waals surface area contributed by atoms with E-state index in [0.29, 0.717) is 6.04 Å². The number of anilines is 1. The van der Waals surface area contributed by atoms with Gasteiger partial charge in [-0.2, -0.15) is 0 Å². The van der Waals surface area contributed by atoms with Crippen LogP contribution in [0.25, 0.3) is 0 Å². The Morgan fingerprint density at radius 2 is 2.57 bits per heavy atom. The van der Waals surface area contributed by atoms with E-state index < -0.39 is 0 Å². The summed E-state index contributed by atoms with van der Waals surface area (Å²) in [5.74, 6) is 0.746. The summed E-state index contributed by atoms with van der Waals surface area (Å²) in [5, 5.41) is 6.86. The fourth-order valence-corrected chi connectivity index (χ4v) is 1.93. The molecule has 0 amide bonds. The molecule has 1 fully saturated rings. The average molecular weight is 191 g/mol. The molecule has 14 heavy (non-hydrogen) atoms. The van der Waals surface area contributed by atoms with Gasteiger partial charge in [-0.25, -0.2) is 0 Å². The molecule has 2 rings (SSSR count). The van der Waals surface area contributed by atoms with Crippen LogP contribution in [0.4, 0.5) is 5.69 Å². The Bertz CT molecular complexity index is 267. The largest absolute Gasteiger partial charge is 0.381 e. The molecule has 1 aromatic heterocycles. The third-order valence-corrected chi connectivity index (χ3v) is 2.86. The van der Waals surface area contributed by atoms with E-state index in [1.54, 1.807) is 6.20 Å². The van der Waals surface area contributed by atoms with Gasteiger partial charge in [-0.05, 0) is 44.5 Å². The van der Waals surface area contributed by atoms with Crippen molar-refractivity contribution in [2.75, 3.05) is 18.4 Å². The van der Waals surface area contributed by atoms with Gasteiger partial charge in [0.2, 0.25) is 0 Å². The number of pyridine rings is 1. The van der Waals surface area contributed by atoms with Crippen molar-refractivity contribution in [3.05, 3.63) is 24.5 Å². The van der Waals surface area contributed by atoms with Crippen LogP contribution in [-0.2, 0) is 0 Å². The second-order valence-electron chi connectivity index (χ2n) is 3.93. The monoisotopic (exact) mass is 191 g/mol. The van der Waals surface area contributed by atoms with Crippen molar-refractivity contribution in [2.45, 2.75) is 19.4 Å². The highest BCUT2D eigenvalue weighted by Crippen LogP contribution is 2.16. The van der Waals surface area contributed by atoms with Gasteiger partial charge in [0.15, 0.2) is 0 Å². The molecule has 2 N–H and O–H groups in total.